The van der Waals surface area contributed by atoms with Crippen LogP contribution in [0, 0.1) is 13.8 Å². The molecule has 0 unspecified atom stereocenters. The molecule has 0 heterocycles. The first-order valence-electron chi connectivity index (χ1n) is 4.05. The van der Waals surface area contributed by atoms with Crippen LogP contribution in [0.15, 0.2) is 23.3 Å². The van der Waals surface area contributed by atoms with Gasteiger partial charge < -0.3 is 0 Å². The Hall–Kier alpha value is -1.31. The van der Waals surface area contributed by atoms with Gasteiger partial charge >= 0.3 is 0 Å². The van der Waals surface area contributed by atoms with Gasteiger partial charge in [-0.3, -0.25) is 5.43 Å². The number of aryl methyl sites for hydroxylation is 1. The van der Waals surface area contributed by atoms with Crippen LogP contribution in [-0.2, 0) is 0 Å². The van der Waals surface area contributed by atoms with Gasteiger partial charge in [-0.15, -0.1) is 0 Å². The first-order valence-corrected chi connectivity index (χ1v) is 4.05. The molecule has 0 atom stereocenters. The first kappa shape index (κ1) is 8.78. The lowest BCUT2D eigenvalue weighted by molar-refractivity contribution is 1.27. The van der Waals surface area contributed by atoms with Gasteiger partial charge in [0.15, 0.2) is 0 Å². The molecule has 0 aliphatic carbocycles. The van der Waals surface area contributed by atoms with Crippen molar-refractivity contribution >= 4 is 11.9 Å². The van der Waals surface area contributed by atoms with E-state index < -0.39 is 0 Å². The van der Waals surface area contributed by atoms with Gasteiger partial charge in [-0.1, -0.05) is 12.1 Å². The molecule has 0 aliphatic heterocycles. The summed E-state index contributed by atoms with van der Waals surface area (Å²) in [4.78, 5) is 0. The quantitative estimate of drug-likeness (QED) is 0.524. The van der Waals surface area contributed by atoms with Gasteiger partial charge in [-0.25, -0.2) is 0 Å². The molecule has 1 N–H and O–H groups in total. The van der Waals surface area contributed by atoms with E-state index in [2.05, 4.69) is 30.4 Å². The number of hydrazone groups is 1. The van der Waals surface area contributed by atoms with E-state index in [-0.39, 0.29) is 0 Å². The van der Waals surface area contributed by atoms with Crippen LogP contribution in [0.3, 0.4) is 0 Å². The largest absolute Gasteiger partial charge is 0.279 e. The molecule has 0 radical (unpaired) electrons. The van der Waals surface area contributed by atoms with E-state index in [1.807, 2.05) is 19.1 Å². The van der Waals surface area contributed by atoms with Crippen molar-refractivity contribution in [3.05, 3.63) is 29.3 Å². The molecule has 2 nitrogen and oxygen atoms in total. The fraction of sp³-hybridized carbons (Fsp3) is 0.300. The van der Waals surface area contributed by atoms with Crippen LogP contribution in [0.2, 0.25) is 0 Å². The summed E-state index contributed by atoms with van der Waals surface area (Å²) in [6.45, 7) is 6.07. The number of anilines is 1. The minimum Gasteiger partial charge on any atom is -0.279 e. The van der Waals surface area contributed by atoms with Gasteiger partial charge in [0, 0.05) is 6.21 Å². The van der Waals surface area contributed by atoms with Gasteiger partial charge in [-0.2, -0.15) is 5.10 Å². The minimum absolute atomic E-state index is 1.08. The van der Waals surface area contributed by atoms with Crippen LogP contribution in [0.5, 0.6) is 0 Å². The lowest BCUT2D eigenvalue weighted by Gasteiger charge is -2.06. The average Bonchev–Trinajstić information content (AvgIpc) is 2.08. The highest BCUT2D eigenvalue weighted by Crippen LogP contribution is 2.17. The monoisotopic (exact) mass is 162 g/mol. The smallest absolute Gasteiger partial charge is 0.0593 e. The van der Waals surface area contributed by atoms with E-state index in [0.29, 0.717) is 0 Å². The Balaban J connectivity index is 2.92. The Morgan fingerprint density at radius 1 is 1.33 bits per heavy atom. The Kier molecular flexibility index (Phi) is 2.86. The molecule has 0 saturated heterocycles. The molecule has 0 aromatic heterocycles. The van der Waals surface area contributed by atoms with Crippen molar-refractivity contribution in [2.45, 2.75) is 20.8 Å². The number of rotatable bonds is 2. The molecule has 0 fully saturated rings. The topological polar surface area (TPSA) is 24.4 Å². The molecule has 1 aromatic rings. The zero-order valence-electron chi connectivity index (χ0n) is 7.76. The van der Waals surface area contributed by atoms with Gasteiger partial charge in [0.25, 0.3) is 0 Å². The molecule has 1 aromatic carbocycles. The maximum atomic E-state index is 3.97. The number of nitrogens with zero attached hydrogens (tertiary/aromatic N) is 1. The lowest BCUT2D eigenvalue weighted by Crippen LogP contribution is -1.92. The maximum Gasteiger partial charge on any atom is 0.0593 e. The molecular weight excluding hydrogens is 148 g/mol. The van der Waals surface area contributed by atoms with Crippen molar-refractivity contribution in [1.82, 2.24) is 0 Å². The van der Waals surface area contributed by atoms with E-state index >= 15 is 0 Å². The Labute approximate surface area is 73.3 Å². The number of hydrogen-bond acceptors (Lipinski definition) is 2. The predicted molar refractivity (Wildman–Crippen MR) is 53.7 cm³/mol. The van der Waals surface area contributed by atoms with E-state index in [1.54, 1.807) is 6.21 Å². The second-order valence-electron chi connectivity index (χ2n) is 2.75. The Bertz CT molecular complexity index is 290. The third-order valence-electron chi connectivity index (χ3n) is 1.92. The molecule has 0 aliphatic rings. The van der Waals surface area contributed by atoms with Crippen LogP contribution < -0.4 is 5.43 Å². The van der Waals surface area contributed by atoms with E-state index in [0.717, 1.165) is 5.69 Å². The number of hydrogen-bond donors (Lipinski definition) is 1. The van der Waals surface area contributed by atoms with Crippen molar-refractivity contribution < 1.29 is 0 Å². The fourth-order valence-corrected chi connectivity index (χ4v) is 1.01. The molecule has 2 heteroatoms. The second-order valence-corrected chi connectivity index (χ2v) is 2.75. The van der Waals surface area contributed by atoms with Crippen LogP contribution in [0.4, 0.5) is 5.69 Å². The van der Waals surface area contributed by atoms with Gasteiger partial charge in [0.1, 0.15) is 0 Å². The Morgan fingerprint density at radius 3 is 2.75 bits per heavy atom. The van der Waals surface area contributed by atoms with Crippen molar-refractivity contribution in [3.63, 3.8) is 0 Å². The summed E-state index contributed by atoms with van der Waals surface area (Å²) < 4.78 is 0. The normalized spacial score (nSPS) is 10.6. The SMILES string of the molecule is C/C=N\Nc1cccc(C)c1C. The van der Waals surface area contributed by atoms with Gasteiger partial charge in [0.2, 0.25) is 0 Å². The van der Waals surface area contributed by atoms with Crippen LogP contribution in [0.1, 0.15) is 18.1 Å². The van der Waals surface area contributed by atoms with E-state index in [1.165, 1.54) is 11.1 Å². The predicted octanol–water partition coefficient (Wildman–Crippen LogP) is 2.72. The summed E-state index contributed by atoms with van der Waals surface area (Å²) in [6, 6.07) is 6.14. The highest BCUT2D eigenvalue weighted by atomic mass is 15.3. The van der Waals surface area contributed by atoms with Crippen molar-refractivity contribution in [2.75, 3.05) is 5.43 Å². The fourth-order valence-electron chi connectivity index (χ4n) is 1.01. The summed E-state index contributed by atoms with van der Waals surface area (Å²) >= 11 is 0. The molecule has 1 rings (SSSR count). The summed E-state index contributed by atoms with van der Waals surface area (Å²) in [6.07, 6.45) is 1.74. The van der Waals surface area contributed by atoms with Crippen LogP contribution in [0.25, 0.3) is 0 Å². The number of nitrogens with one attached hydrogen (secondary N) is 1. The summed E-state index contributed by atoms with van der Waals surface area (Å²) in [7, 11) is 0. The van der Waals surface area contributed by atoms with E-state index in [4.69, 9.17) is 0 Å². The van der Waals surface area contributed by atoms with E-state index in [9.17, 15) is 0 Å². The third-order valence-corrected chi connectivity index (χ3v) is 1.92. The molecular formula is C10H14N2. The summed E-state index contributed by atoms with van der Waals surface area (Å²) in [5.74, 6) is 0. The third kappa shape index (κ3) is 1.84. The second kappa shape index (κ2) is 3.90. The van der Waals surface area contributed by atoms with Gasteiger partial charge in [-0.05, 0) is 38.0 Å². The molecule has 0 bridgehead atoms. The van der Waals surface area contributed by atoms with Crippen LogP contribution in [-0.4, -0.2) is 6.21 Å². The average molecular weight is 162 g/mol. The first-order chi connectivity index (χ1) is 5.75. The molecule has 0 amide bonds. The summed E-state index contributed by atoms with van der Waals surface area (Å²) in [5.41, 5.74) is 6.59. The van der Waals surface area contributed by atoms with Crippen molar-refractivity contribution in [2.24, 2.45) is 5.10 Å². The molecule has 0 saturated carbocycles. The zero-order valence-corrected chi connectivity index (χ0v) is 7.76. The van der Waals surface area contributed by atoms with Crippen LogP contribution >= 0.6 is 0 Å². The Morgan fingerprint density at radius 2 is 2.08 bits per heavy atom. The molecule has 12 heavy (non-hydrogen) atoms. The molecule has 0 spiro atoms. The standard InChI is InChI=1S/C10H14N2/c1-4-11-12-10-7-5-6-8(2)9(10)3/h4-7,12H,1-3H3/b11-4-. The molecule has 64 valence electrons. The zero-order chi connectivity index (χ0) is 8.97. The maximum absolute atomic E-state index is 3.97. The number of benzene rings is 1. The van der Waals surface area contributed by atoms with Crippen molar-refractivity contribution in [1.29, 1.82) is 0 Å². The lowest BCUT2D eigenvalue weighted by atomic mass is 10.1. The highest BCUT2D eigenvalue weighted by molar-refractivity contribution is 5.59. The minimum atomic E-state index is 1.08. The summed E-state index contributed by atoms with van der Waals surface area (Å²) in [5, 5.41) is 3.97. The highest BCUT2D eigenvalue weighted by Gasteiger charge is 1.97. The van der Waals surface area contributed by atoms with Crippen molar-refractivity contribution in [3.8, 4) is 0 Å². The van der Waals surface area contributed by atoms with Gasteiger partial charge in [0.05, 0.1) is 5.69 Å².